The highest BCUT2D eigenvalue weighted by atomic mass is 32.1. The molecule has 0 spiro atoms. The van der Waals surface area contributed by atoms with Gasteiger partial charge in [-0.2, -0.15) is 0 Å². The summed E-state index contributed by atoms with van der Waals surface area (Å²) in [7, 11) is 3.14. The van der Waals surface area contributed by atoms with Crippen molar-refractivity contribution in [2.45, 2.75) is 26.8 Å². The van der Waals surface area contributed by atoms with Crippen molar-refractivity contribution in [2.24, 2.45) is 10.9 Å². The quantitative estimate of drug-likeness (QED) is 0.466. The highest BCUT2D eigenvalue weighted by Gasteiger charge is 2.34. The number of allylic oxidation sites excluding steroid dienone is 1. The molecule has 0 N–H and O–H groups in total. The molecule has 1 aromatic carbocycles. The lowest BCUT2D eigenvalue weighted by molar-refractivity contribution is -0.140. The summed E-state index contributed by atoms with van der Waals surface area (Å²) in [5, 5.41) is 1.93. The van der Waals surface area contributed by atoms with Crippen LogP contribution in [0.5, 0.6) is 11.5 Å². The molecule has 34 heavy (non-hydrogen) atoms. The minimum Gasteiger partial charge on any atom is -0.493 e. The van der Waals surface area contributed by atoms with Gasteiger partial charge in [-0.1, -0.05) is 37.3 Å². The van der Waals surface area contributed by atoms with Gasteiger partial charge >= 0.3 is 5.97 Å². The number of thiazole rings is 1. The first kappa shape index (κ1) is 24.0. The third-order valence-electron chi connectivity index (χ3n) is 5.31. The Morgan fingerprint density at radius 1 is 1.21 bits per heavy atom. The van der Waals surface area contributed by atoms with Gasteiger partial charge in [0.2, 0.25) is 0 Å². The van der Waals surface area contributed by atoms with Crippen molar-refractivity contribution in [3.05, 3.63) is 77.1 Å². The number of nitrogens with zero attached hydrogens (tertiary/aromatic N) is 2. The summed E-state index contributed by atoms with van der Waals surface area (Å²) in [4.78, 5) is 32.7. The molecule has 0 saturated carbocycles. The highest BCUT2D eigenvalue weighted by Crippen LogP contribution is 2.33. The number of carbonyl (C=O) groups is 1. The van der Waals surface area contributed by atoms with Gasteiger partial charge in [0.15, 0.2) is 16.3 Å². The van der Waals surface area contributed by atoms with Crippen molar-refractivity contribution in [3.8, 4) is 11.5 Å². The standard InChI is InChI=1S/C25H26N2O5S2/c1-14(2)13-32-24(29)21-15(3)26-25-27(22(21)19-7-6-10-33-19)23(28)20(34-25)12-16-8-9-17(30-4)18(11-16)31-5/h6-12,14,22H,13H2,1-5H3/b20-12+/t22-/m0/s1. The zero-order valence-corrected chi connectivity index (χ0v) is 21.3. The van der Waals surface area contributed by atoms with Crippen LogP contribution in [0.25, 0.3) is 6.08 Å². The average Bonchev–Trinajstić information content (AvgIpc) is 3.45. The number of thiophene rings is 1. The highest BCUT2D eigenvalue weighted by molar-refractivity contribution is 7.10. The van der Waals surface area contributed by atoms with E-state index in [1.807, 2.05) is 43.5 Å². The monoisotopic (exact) mass is 498 g/mol. The van der Waals surface area contributed by atoms with Crippen molar-refractivity contribution < 1.29 is 19.0 Å². The lowest BCUT2D eigenvalue weighted by Crippen LogP contribution is -2.39. The largest absolute Gasteiger partial charge is 0.493 e. The Morgan fingerprint density at radius 3 is 2.62 bits per heavy atom. The van der Waals surface area contributed by atoms with Crippen LogP contribution in [0.15, 0.2) is 56.8 Å². The first-order valence-corrected chi connectivity index (χ1v) is 12.5. The van der Waals surface area contributed by atoms with Gasteiger partial charge in [0.1, 0.15) is 6.04 Å². The Hall–Kier alpha value is -3.17. The molecule has 3 heterocycles. The molecule has 1 aliphatic rings. The number of fused-ring (bicyclic) bond motifs is 1. The van der Waals surface area contributed by atoms with Crippen molar-refractivity contribution >= 4 is 34.7 Å². The first-order chi connectivity index (χ1) is 16.3. The number of aromatic nitrogens is 1. The van der Waals surface area contributed by atoms with Gasteiger partial charge < -0.3 is 14.2 Å². The minimum absolute atomic E-state index is 0.202. The number of ether oxygens (including phenoxy) is 3. The number of carbonyl (C=O) groups excluding carboxylic acids is 1. The van der Waals surface area contributed by atoms with Crippen molar-refractivity contribution in [3.63, 3.8) is 0 Å². The zero-order valence-electron chi connectivity index (χ0n) is 19.7. The molecule has 7 nitrogen and oxygen atoms in total. The molecule has 4 rings (SSSR count). The molecule has 2 aromatic heterocycles. The molecule has 0 unspecified atom stereocenters. The SMILES string of the molecule is COc1ccc(/C=c2/sc3n(c2=O)[C@@H](c2cccs2)C(C(=O)OCC(C)C)=C(C)N=3)cc1OC. The van der Waals surface area contributed by atoms with Crippen LogP contribution in [0.4, 0.5) is 0 Å². The van der Waals surface area contributed by atoms with Gasteiger partial charge in [-0.15, -0.1) is 11.3 Å². The number of esters is 1. The first-order valence-electron chi connectivity index (χ1n) is 10.8. The normalized spacial score (nSPS) is 15.8. The molecule has 0 aliphatic carbocycles. The fraction of sp³-hybridized carbons (Fsp3) is 0.320. The van der Waals surface area contributed by atoms with Gasteiger partial charge in [0.25, 0.3) is 5.56 Å². The fourth-order valence-corrected chi connectivity index (χ4v) is 5.58. The van der Waals surface area contributed by atoms with Crippen LogP contribution in [0.2, 0.25) is 0 Å². The molecule has 0 bridgehead atoms. The van der Waals surface area contributed by atoms with Crippen molar-refractivity contribution in [2.75, 3.05) is 20.8 Å². The summed E-state index contributed by atoms with van der Waals surface area (Å²) in [6.07, 6.45) is 1.80. The van der Waals surface area contributed by atoms with E-state index in [9.17, 15) is 9.59 Å². The van der Waals surface area contributed by atoms with Crippen LogP contribution < -0.4 is 24.4 Å². The lowest BCUT2D eigenvalue weighted by atomic mass is 10.0. The number of benzene rings is 1. The Kier molecular flexibility index (Phi) is 7.04. The zero-order chi connectivity index (χ0) is 24.4. The molecule has 0 saturated heterocycles. The van der Waals surface area contributed by atoms with Gasteiger partial charge in [-0.25, -0.2) is 9.79 Å². The Balaban J connectivity index is 1.85. The second-order valence-corrected chi connectivity index (χ2v) is 10.2. The maximum atomic E-state index is 13.6. The topological polar surface area (TPSA) is 79.1 Å². The Morgan fingerprint density at radius 2 is 1.97 bits per heavy atom. The van der Waals surface area contributed by atoms with E-state index in [0.717, 1.165) is 10.4 Å². The summed E-state index contributed by atoms with van der Waals surface area (Å²) >= 11 is 2.78. The van der Waals surface area contributed by atoms with Crippen LogP contribution in [0.1, 0.15) is 37.3 Å². The van der Waals surface area contributed by atoms with Gasteiger partial charge in [-0.3, -0.25) is 9.36 Å². The molecule has 1 atom stereocenters. The third-order valence-corrected chi connectivity index (χ3v) is 7.22. The summed E-state index contributed by atoms with van der Waals surface area (Å²) in [5.74, 6) is 0.945. The molecular formula is C25H26N2O5S2. The van der Waals surface area contributed by atoms with E-state index in [2.05, 4.69) is 4.99 Å². The fourth-order valence-electron chi connectivity index (χ4n) is 3.71. The molecular weight excluding hydrogens is 472 g/mol. The van der Waals surface area contributed by atoms with E-state index >= 15 is 0 Å². The van der Waals surface area contributed by atoms with Crippen LogP contribution in [-0.4, -0.2) is 31.4 Å². The van der Waals surface area contributed by atoms with E-state index in [1.54, 1.807) is 37.9 Å². The number of hydrogen-bond donors (Lipinski definition) is 0. The molecule has 3 aromatic rings. The van der Waals surface area contributed by atoms with E-state index in [0.29, 0.717) is 38.7 Å². The summed E-state index contributed by atoms with van der Waals surface area (Å²) < 4.78 is 18.3. The maximum Gasteiger partial charge on any atom is 0.338 e. The number of methoxy groups -OCH3 is 2. The number of rotatable bonds is 7. The molecule has 0 fully saturated rings. The predicted octanol–water partition coefficient (Wildman–Crippen LogP) is 3.51. The smallest absolute Gasteiger partial charge is 0.338 e. The molecule has 1 aliphatic heterocycles. The second kappa shape index (κ2) is 9.99. The van der Waals surface area contributed by atoms with Crippen LogP contribution in [-0.2, 0) is 9.53 Å². The molecule has 178 valence electrons. The van der Waals surface area contributed by atoms with E-state index in [4.69, 9.17) is 14.2 Å². The molecule has 0 radical (unpaired) electrons. The maximum absolute atomic E-state index is 13.6. The Bertz CT molecular complexity index is 1410. The van der Waals surface area contributed by atoms with Gasteiger partial charge in [0, 0.05) is 4.88 Å². The van der Waals surface area contributed by atoms with Crippen LogP contribution in [0.3, 0.4) is 0 Å². The van der Waals surface area contributed by atoms with Crippen molar-refractivity contribution in [1.82, 2.24) is 4.57 Å². The predicted molar refractivity (Wildman–Crippen MR) is 133 cm³/mol. The van der Waals surface area contributed by atoms with E-state index in [-0.39, 0.29) is 11.5 Å². The summed E-state index contributed by atoms with van der Waals surface area (Å²) in [5.41, 5.74) is 1.54. The molecule has 0 amide bonds. The summed E-state index contributed by atoms with van der Waals surface area (Å²) in [6.45, 7) is 6.05. The van der Waals surface area contributed by atoms with Crippen LogP contribution in [0, 0.1) is 5.92 Å². The van der Waals surface area contributed by atoms with Crippen LogP contribution >= 0.6 is 22.7 Å². The Labute approximate surface area is 205 Å². The number of hydrogen-bond acceptors (Lipinski definition) is 8. The third kappa shape index (κ3) is 4.58. The summed E-state index contributed by atoms with van der Waals surface area (Å²) in [6, 6.07) is 8.72. The van der Waals surface area contributed by atoms with E-state index in [1.165, 1.54) is 22.7 Å². The molecule has 9 heteroatoms. The average molecular weight is 499 g/mol. The van der Waals surface area contributed by atoms with Gasteiger partial charge in [-0.05, 0) is 48.1 Å². The van der Waals surface area contributed by atoms with Crippen molar-refractivity contribution in [1.29, 1.82) is 0 Å². The van der Waals surface area contributed by atoms with E-state index < -0.39 is 12.0 Å². The van der Waals surface area contributed by atoms with Gasteiger partial charge in [0.05, 0.1) is 36.6 Å². The minimum atomic E-state index is -0.580. The second-order valence-electron chi connectivity index (χ2n) is 8.20. The lowest BCUT2D eigenvalue weighted by Gasteiger charge is -2.23.